The van der Waals surface area contributed by atoms with E-state index in [9.17, 15) is 9.90 Å². The molecular weight excluding hydrogens is 230 g/mol. The molecule has 0 aliphatic rings. The Balaban J connectivity index is 2.61. The van der Waals surface area contributed by atoms with Gasteiger partial charge < -0.3 is 15.2 Å². The summed E-state index contributed by atoms with van der Waals surface area (Å²) in [5.41, 5.74) is 1.47. The average molecular weight is 251 g/mol. The Kier molecular flexibility index (Phi) is 4.73. The number of benzene rings is 1. The highest BCUT2D eigenvalue weighted by atomic mass is 16.5. The zero-order chi connectivity index (χ0) is 13.8. The van der Waals surface area contributed by atoms with Crippen LogP contribution in [0, 0.1) is 6.92 Å². The molecule has 1 aromatic carbocycles. The van der Waals surface area contributed by atoms with Crippen LogP contribution in [0.2, 0.25) is 0 Å². The maximum atomic E-state index is 11.6. The predicted octanol–water partition coefficient (Wildman–Crippen LogP) is 1.78. The lowest BCUT2D eigenvalue weighted by molar-refractivity contribution is -0.124. The van der Waals surface area contributed by atoms with Crippen molar-refractivity contribution in [3.63, 3.8) is 0 Å². The smallest absolute Gasteiger partial charge is 0.258 e. The van der Waals surface area contributed by atoms with Gasteiger partial charge in [-0.1, -0.05) is 17.7 Å². The standard InChI is InChI=1S/C14H21NO3/c1-10-5-6-12(11(7-10)8-16)18-9-13(17)15-14(2,3)4/h5-7,16H,8-9H2,1-4H3,(H,15,17). The first-order chi connectivity index (χ1) is 8.31. The molecule has 4 heteroatoms. The molecule has 1 amide bonds. The minimum Gasteiger partial charge on any atom is -0.483 e. The number of rotatable bonds is 4. The summed E-state index contributed by atoms with van der Waals surface area (Å²) >= 11 is 0. The Labute approximate surface area is 108 Å². The Hall–Kier alpha value is -1.55. The van der Waals surface area contributed by atoms with Crippen LogP contribution in [-0.2, 0) is 11.4 Å². The topological polar surface area (TPSA) is 58.6 Å². The maximum Gasteiger partial charge on any atom is 0.258 e. The van der Waals surface area contributed by atoms with E-state index in [0.29, 0.717) is 11.3 Å². The van der Waals surface area contributed by atoms with Crippen molar-refractivity contribution in [3.8, 4) is 5.75 Å². The van der Waals surface area contributed by atoms with Crippen molar-refractivity contribution in [1.29, 1.82) is 0 Å². The minimum atomic E-state index is -0.270. The summed E-state index contributed by atoms with van der Waals surface area (Å²) in [5.74, 6) is 0.374. The summed E-state index contributed by atoms with van der Waals surface area (Å²) in [7, 11) is 0. The summed E-state index contributed by atoms with van der Waals surface area (Å²) in [6.45, 7) is 7.53. The molecule has 0 fully saturated rings. The normalized spacial score (nSPS) is 11.2. The summed E-state index contributed by atoms with van der Waals surface area (Å²) in [6.07, 6.45) is 0. The number of aliphatic hydroxyl groups is 1. The fourth-order valence-corrected chi connectivity index (χ4v) is 1.57. The largest absolute Gasteiger partial charge is 0.483 e. The fourth-order valence-electron chi connectivity index (χ4n) is 1.57. The molecule has 0 aromatic heterocycles. The van der Waals surface area contributed by atoms with Crippen molar-refractivity contribution in [2.45, 2.75) is 39.8 Å². The van der Waals surface area contributed by atoms with Crippen LogP contribution >= 0.6 is 0 Å². The number of hydrogen-bond acceptors (Lipinski definition) is 3. The molecule has 0 saturated carbocycles. The van der Waals surface area contributed by atoms with E-state index in [1.807, 2.05) is 39.8 Å². The third-order valence-corrected chi connectivity index (χ3v) is 2.26. The van der Waals surface area contributed by atoms with Crippen LogP contribution in [0.15, 0.2) is 18.2 Å². The molecule has 1 aromatic rings. The van der Waals surface area contributed by atoms with E-state index in [1.54, 1.807) is 6.07 Å². The van der Waals surface area contributed by atoms with Gasteiger partial charge in [-0.15, -0.1) is 0 Å². The second-order valence-electron chi connectivity index (χ2n) is 5.36. The van der Waals surface area contributed by atoms with Crippen LogP contribution in [-0.4, -0.2) is 23.2 Å². The van der Waals surface area contributed by atoms with Crippen LogP contribution in [0.5, 0.6) is 5.75 Å². The molecular formula is C14H21NO3. The summed E-state index contributed by atoms with van der Waals surface area (Å²) < 4.78 is 5.42. The second-order valence-corrected chi connectivity index (χ2v) is 5.36. The van der Waals surface area contributed by atoms with Gasteiger partial charge in [-0.2, -0.15) is 0 Å². The molecule has 0 atom stereocenters. The van der Waals surface area contributed by atoms with Crippen molar-refractivity contribution in [3.05, 3.63) is 29.3 Å². The third-order valence-electron chi connectivity index (χ3n) is 2.26. The molecule has 0 spiro atoms. The van der Waals surface area contributed by atoms with E-state index in [-0.39, 0.29) is 24.7 Å². The number of carbonyl (C=O) groups is 1. The molecule has 4 nitrogen and oxygen atoms in total. The van der Waals surface area contributed by atoms with Crippen molar-refractivity contribution in [2.75, 3.05) is 6.61 Å². The highest BCUT2D eigenvalue weighted by molar-refractivity contribution is 5.78. The van der Waals surface area contributed by atoms with E-state index in [2.05, 4.69) is 5.32 Å². The molecule has 100 valence electrons. The molecule has 0 unspecified atom stereocenters. The molecule has 0 bridgehead atoms. The first-order valence-corrected chi connectivity index (χ1v) is 5.96. The monoisotopic (exact) mass is 251 g/mol. The van der Waals surface area contributed by atoms with Gasteiger partial charge in [-0.3, -0.25) is 4.79 Å². The molecule has 0 heterocycles. The van der Waals surface area contributed by atoms with E-state index in [0.717, 1.165) is 5.56 Å². The highest BCUT2D eigenvalue weighted by Gasteiger charge is 2.14. The van der Waals surface area contributed by atoms with Crippen molar-refractivity contribution >= 4 is 5.91 Å². The molecule has 2 N–H and O–H groups in total. The van der Waals surface area contributed by atoms with E-state index in [4.69, 9.17) is 4.74 Å². The van der Waals surface area contributed by atoms with Gasteiger partial charge in [-0.05, 0) is 33.8 Å². The first kappa shape index (κ1) is 14.5. The van der Waals surface area contributed by atoms with Crippen molar-refractivity contribution in [2.24, 2.45) is 0 Å². The lowest BCUT2D eigenvalue weighted by atomic mass is 10.1. The van der Waals surface area contributed by atoms with Crippen LogP contribution < -0.4 is 10.1 Å². The molecule has 0 radical (unpaired) electrons. The van der Waals surface area contributed by atoms with Gasteiger partial charge in [0.25, 0.3) is 5.91 Å². The van der Waals surface area contributed by atoms with Gasteiger partial charge >= 0.3 is 0 Å². The van der Waals surface area contributed by atoms with Crippen LogP contribution in [0.3, 0.4) is 0 Å². The Morgan fingerprint density at radius 1 is 1.39 bits per heavy atom. The number of amides is 1. The van der Waals surface area contributed by atoms with Gasteiger partial charge in [0.2, 0.25) is 0 Å². The lowest BCUT2D eigenvalue weighted by Gasteiger charge is -2.20. The zero-order valence-corrected chi connectivity index (χ0v) is 11.4. The Morgan fingerprint density at radius 2 is 2.06 bits per heavy atom. The van der Waals surface area contributed by atoms with Gasteiger partial charge in [0.05, 0.1) is 6.61 Å². The maximum absolute atomic E-state index is 11.6. The summed E-state index contributed by atoms with van der Waals surface area (Å²) in [5, 5.41) is 12.0. The fraction of sp³-hybridized carbons (Fsp3) is 0.500. The van der Waals surface area contributed by atoms with E-state index < -0.39 is 0 Å². The molecule has 0 aliphatic heterocycles. The molecule has 0 saturated heterocycles. The second kappa shape index (κ2) is 5.87. The van der Waals surface area contributed by atoms with Crippen LogP contribution in [0.25, 0.3) is 0 Å². The van der Waals surface area contributed by atoms with Gasteiger partial charge in [-0.25, -0.2) is 0 Å². The van der Waals surface area contributed by atoms with Gasteiger partial charge in [0.1, 0.15) is 5.75 Å². The molecule has 0 aliphatic carbocycles. The Bertz CT molecular complexity index is 422. The van der Waals surface area contributed by atoms with Gasteiger partial charge in [0, 0.05) is 11.1 Å². The highest BCUT2D eigenvalue weighted by Crippen LogP contribution is 2.19. The number of aliphatic hydroxyl groups excluding tert-OH is 1. The SMILES string of the molecule is Cc1ccc(OCC(=O)NC(C)(C)C)c(CO)c1. The Morgan fingerprint density at radius 3 is 2.61 bits per heavy atom. The minimum absolute atomic E-state index is 0.0483. The quantitative estimate of drug-likeness (QED) is 0.857. The predicted molar refractivity (Wildman–Crippen MR) is 70.5 cm³/mol. The van der Waals surface area contributed by atoms with E-state index >= 15 is 0 Å². The van der Waals surface area contributed by atoms with Crippen molar-refractivity contribution in [1.82, 2.24) is 5.32 Å². The molecule has 1 rings (SSSR count). The molecule has 18 heavy (non-hydrogen) atoms. The first-order valence-electron chi connectivity index (χ1n) is 5.96. The summed E-state index contributed by atoms with van der Waals surface area (Å²) in [4.78, 5) is 11.6. The number of carbonyl (C=O) groups excluding carboxylic acids is 1. The number of hydrogen-bond donors (Lipinski definition) is 2. The summed E-state index contributed by atoms with van der Waals surface area (Å²) in [6, 6.07) is 5.50. The number of ether oxygens (including phenoxy) is 1. The third kappa shape index (κ3) is 4.75. The lowest BCUT2D eigenvalue weighted by Crippen LogP contribution is -2.43. The van der Waals surface area contributed by atoms with Crippen LogP contribution in [0.1, 0.15) is 31.9 Å². The number of aryl methyl sites for hydroxylation is 1. The van der Waals surface area contributed by atoms with Crippen LogP contribution in [0.4, 0.5) is 0 Å². The zero-order valence-electron chi connectivity index (χ0n) is 11.4. The number of nitrogens with one attached hydrogen (secondary N) is 1. The van der Waals surface area contributed by atoms with E-state index in [1.165, 1.54) is 0 Å². The average Bonchev–Trinajstić information content (AvgIpc) is 2.24. The van der Waals surface area contributed by atoms with Gasteiger partial charge in [0.15, 0.2) is 6.61 Å². The van der Waals surface area contributed by atoms with Crippen molar-refractivity contribution < 1.29 is 14.6 Å².